The molecular formula is C15H19N3O3. The third-order valence-corrected chi connectivity index (χ3v) is 2.95. The van der Waals surface area contributed by atoms with Crippen molar-refractivity contribution in [3.8, 4) is 5.75 Å². The maximum atomic E-state index is 11.8. The van der Waals surface area contributed by atoms with Gasteiger partial charge in [0, 0.05) is 6.42 Å². The van der Waals surface area contributed by atoms with Crippen LogP contribution < -0.4 is 10.1 Å². The Hall–Kier alpha value is -2.37. The van der Waals surface area contributed by atoms with Gasteiger partial charge in [-0.25, -0.2) is 4.63 Å². The van der Waals surface area contributed by atoms with Crippen molar-refractivity contribution in [3.05, 3.63) is 35.5 Å². The van der Waals surface area contributed by atoms with E-state index in [1.807, 2.05) is 24.3 Å². The lowest BCUT2D eigenvalue weighted by atomic mass is 10.1. The molecule has 1 heterocycles. The van der Waals surface area contributed by atoms with Crippen LogP contribution >= 0.6 is 0 Å². The molecule has 6 nitrogen and oxygen atoms in total. The van der Waals surface area contributed by atoms with Crippen LogP contribution in [0.15, 0.2) is 28.9 Å². The first-order valence-corrected chi connectivity index (χ1v) is 6.99. The van der Waals surface area contributed by atoms with E-state index >= 15 is 0 Å². The zero-order valence-corrected chi connectivity index (χ0v) is 12.3. The molecule has 0 aliphatic heterocycles. The van der Waals surface area contributed by atoms with Crippen LogP contribution in [0.3, 0.4) is 0 Å². The second-order valence-corrected chi connectivity index (χ2v) is 4.74. The van der Waals surface area contributed by atoms with Crippen LogP contribution in [0.2, 0.25) is 0 Å². The Bertz CT molecular complexity index is 578. The van der Waals surface area contributed by atoms with Crippen molar-refractivity contribution in [1.29, 1.82) is 0 Å². The molecule has 6 heteroatoms. The first kappa shape index (κ1) is 15.0. The predicted octanol–water partition coefficient (Wildman–Crippen LogP) is 2.74. The van der Waals surface area contributed by atoms with Gasteiger partial charge in [-0.05, 0) is 42.6 Å². The minimum absolute atomic E-state index is 0.111. The molecule has 1 aromatic carbocycles. The van der Waals surface area contributed by atoms with Gasteiger partial charge in [-0.15, -0.1) is 0 Å². The SMILES string of the molecule is CCCOc1ccc(CCC(=O)Nc2nonc2C)cc1. The van der Waals surface area contributed by atoms with E-state index in [0.717, 1.165) is 17.7 Å². The molecule has 0 spiro atoms. The zero-order valence-electron chi connectivity index (χ0n) is 12.3. The quantitative estimate of drug-likeness (QED) is 0.848. The molecule has 0 saturated heterocycles. The average molecular weight is 289 g/mol. The van der Waals surface area contributed by atoms with E-state index < -0.39 is 0 Å². The summed E-state index contributed by atoms with van der Waals surface area (Å²) in [7, 11) is 0. The van der Waals surface area contributed by atoms with Crippen molar-refractivity contribution in [2.45, 2.75) is 33.1 Å². The fraction of sp³-hybridized carbons (Fsp3) is 0.400. The van der Waals surface area contributed by atoms with Crippen molar-refractivity contribution < 1.29 is 14.2 Å². The predicted molar refractivity (Wildman–Crippen MR) is 78.2 cm³/mol. The lowest BCUT2D eigenvalue weighted by Gasteiger charge is -2.06. The summed E-state index contributed by atoms with van der Waals surface area (Å²) in [6.07, 6.45) is 2.02. The monoisotopic (exact) mass is 289 g/mol. The Morgan fingerprint density at radius 2 is 2.05 bits per heavy atom. The number of anilines is 1. The molecule has 2 rings (SSSR count). The van der Waals surface area contributed by atoms with Crippen LogP contribution in [-0.2, 0) is 11.2 Å². The number of benzene rings is 1. The number of aryl methyl sites for hydroxylation is 2. The highest BCUT2D eigenvalue weighted by Crippen LogP contribution is 2.14. The van der Waals surface area contributed by atoms with E-state index in [1.165, 1.54) is 0 Å². The molecule has 1 aromatic heterocycles. The first-order valence-electron chi connectivity index (χ1n) is 6.99. The van der Waals surface area contributed by atoms with Gasteiger partial charge in [0.2, 0.25) is 5.91 Å². The Kier molecular flexibility index (Phi) is 5.31. The number of amides is 1. The maximum Gasteiger partial charge on any atom is 0.225 e. The van der Waals surface area contributed by atoms with Gasteiger partial charge in [0.15, 0.2) is 5.82 Å². The first-order chi connectivity index (χ1) is 10.2. The van der Waals surface area contributed by atoms with Crippen LogP contribution in [-0.4, -0.2) is 22.8 Å². The Labute approximate surface area is 123 Å². The minimum Gasteiger partial charge on any atom is -0.494 e. The van der Waals surface area contributed by atoms with E-state index in [-0.39, 0.29) is 5.91 Å². The van der Waals surface area contributed by atoms with Crippen molar-refractivity contribution in [1.82, 2.24) is 10.3 Å². The molecule has 0 aliphatic carbocycles. The molecule has 0 unspecified atom stereocenters. The highest BCUT2D eigenvalue weighted by molar-refractivity contribution is 5.90. The Morgan fingerprint density at radius 3 is 2.67 bits per heavy atom. The fourth-order valence-electron chi connectivity index (χ4n) is 1.77. The largest absolute Gasteiger partial charge is 0.494 e. The molecule has 1 amide bonds. The highest BCUT2D eigenvalue weighted by atomic mass is 16.6. The van der Waals surface area contributed by atoms with Crippen molar-refractivity contribution >= 4 is 11.7 Å². The molecule has 2 aromatic rings. The second kappa shape index (κ2) is 7.42. The lowest BCUT2D eigenvalue weighted by Crippen LogP contribution is -2.13. The van der Waals surface area contributed by atoms with Crippen LogP contribution in [0.5, 0.6) is 5.75 Å². The van der Waals surface area contributed by atoms with Crippen LogP contribution in [0, 0.1) is 6.92 Å². The molecule has 112 valence electrons. The summed E-state index contributed by atoms with van der Waals surface area (Å²) in [5.74, 6) is 1.12. The number of carbonyl (C=O) groups excluding carboxylic acids is 1. The third-order valence-electron chi connectivity index (χ3n) is 2.95. The summed E-state index contributed by atoms with van der Waals surface area (Å²) in [6, 6.07) is 7.80. The average Bonchev–Trinajstić information content (AvgIpc) is 2.89. The number of rotatable bonds is 7. The zero-order chi connectivity index (χ0) is 15.1. The van der Waals surface area contributed by atoms with Crippen molar-refractivity contribution in [2.75, 3.05) is 11.9 Å². The van der Waals surface area contributed by atoms with E-state index in [9.17, 15) is 4.79 Å². The molecule has 0 atom stereocenters. The normalized spacial score (nSPS) is 10.4. The number of ether oxygens (including phenoxy) is 1. The van der Waals surface area contributed by atoms with Gasteiger partial charge in [-0.1, -0.05) is 24.2 Å². The number of nitrogens with zero attached hydrogens (tertiary/aromatic N) is 2. The van der Waals surface area contributed by atoms with Crippen LogP contribution in [0.1, 0.15) is 31.0 Å². The Balaban J connectivity index is 1.79. The summed E-state index contributed by atoms with van der Waals surface area (Å²) in [6.45, 7) is 4.51. The van der Waals surface area contributed by atoms with E-state index in [0.29, 0.717) is 31.0 Å². The van der Waals surface area contributed by atoms with Gasteiger partial charge >= 0.3 is 0 Å². The maximum absolute atomic E-state index is 11.8. The van der Waals surface area contributed by atoms with Gasteiger partial charge in [0.05, 0.1) is 6.61 Å². The van der Waals surface area contributed by atoms with Crippen molar-refractivity contribution in [3.63, 3.8) is 0 Å². The topological polar surface area (TPSA) is 77.2 Å². The lowest BCUT2D eigenvalue weighted by molar-refractivity contribution is -0.116. The molecule has 0 aliphatic rings. The molecule has 0 bridgehead atoms. The van der Waals surface area contributed by atoms with E-state index in [1.54, 1.807) is 6.92 Å². The van der Waals surface area contributed by atoms with Gasteiger partial charge < -0.3 is 10.1 Å². The van der Waals surface area contributed by atoms with Gasteiger partial charge in [-0.2, -0.15) is 0 Å². The van der Waals surface area contributed by atoms with E-state index in [4.69, 9.17) is 4.74 Å². The summed E-state index contributed by atoms with van der Waals surface area (Å²) < 4.78 is 10.0. The Morgan fingerprint density at radius 1 is 1.29 bits per heavy atom. The third kappa shape index (κ3) is 4.59. The van der Waals surface area contributed by atoms with Crippen LogP contribution in [0.4, 0.5) is 5.82 Å². The number of hydrogen-bond acceptors (Lipinski definition) is 5. The molecule has 0 saturated carbocycles. The highest BCUT2D eigenvalue weighted by Gasteiger charge is 2.09. The summed E-state index contributed by atoms with van der Waals surface area (Å²) in [5.41, 5.74) is 1.66. The van der Waals surface area contributed by atoms with Gasteiger partial charge in [-0.3, -0.25) is 4.79 Å². The summed E-state index contributed by atoms with van der Waals surface area (Å²) in [5, 5.41) is 9.89. The molecule has 1 N–H and O–H groups in total. The summed E-state index contributed by atoms with van der Waals surface area (Å²) >= 11 is 0. The molecule has 0 fully saturated rings. The molecular weight excluding hydrogens is 270 g/mol. The number of nitrogens with one attached hydrogen (secondary N) is 1. The standard InChI is InChI=1S/C15H19N3O3/c1-3-10-20-13-7-4-12(5-8-13)6-9-14(19)16-15-11(2)17-21-18-15/h4-5,7-8H,3,6,9-10H2,1-2H3,(H,16,18,19). The number of hydrogen-bond donors (Lipinski definition) is 1. The van der Waals surface area contributed by atoms with Gasteiger partial charge in [0.25, 0.3) is 0 Å². The molecule has 0 radical (unpaired) electrons. The molecule has 21 heavy (non-hydrogen) atoms. The number of aromatic nitrogens is 2. The minimum atomic E-state index is -0.111. The summed E-state index contributed by atoms with van der Waals surface area (Å²) in [4.78, 5) is 11.8. The second-order valence-electron chi connectivity index (χ2n) is 4.74. The van der Waals surface area contributed by atoms with E-state index in [2.05, 4.69) is 27.2 Å². The van der Waals surface area contributed by atoms with Crippen LogP contribution in [0.25, 0.3) is 0 Å². The van der Waals surface area contributed by atoms with Gasteiger partial charge in [0.1, 0.15) is 11.4 Å². The smallest absolute Gasteiger partial charge is 0.225 e. The van der Waals surface area contributed by atoms with Crippen molar-refractivity contribution in [2.24, 2.45) is 0 Å². The number of carbonyl (C=O) groups is 1. The fourth-order valence-corrected chi connectivity index (χ4v) is 1.77.